The first-order valence-corrected chi connectivity index (χ1v) is 6.68. The number of rotatable bonds is 5. The first-order chi connectivity index (χ1) is 9.19. The number of hydrogen-bond donors (Lipinski definition) is 1. The van der Waals surface area contributed by atoms with Gasteiger partial charge in [0.25, 0.3) is 0 Å². The van der Waals surface area contributed by atoms with Crippen molar-refractivity contribution in [2.45, 2.75) is 20.1 Å². The lowest BCUT2D eigenvalue weighted by Crippen LogP contribution is -2.07. The molecule has 0 saturated heterocycles. The van der Waals surface area contributed by atoms with Crippen LogP contribution < -0.4 is 10.1 Å². The highest BCUT2D eigenvalue weighted by Gasteiger charge is 2.04. The van der Waals surface area contributed by atoms with Crippen LogP contribution in [0.4, 0.5) is 0 Å². The summed E-state index contributed by atoms with van der Waals surface area (Å²) in [6, 6.07) is 14.0. The summed E-state index contributed by atoms with van der Waals surface area (Å²) in [5, 5.41) is 3.85. The summed E-state index contributed by atoms with van der Waals surface area (Å²) in [6.45, 7) is 3.39. The minimum absolute atomic E-state index is 0.569. The van der Waals surface area contributed by atoms with Gasteiger partial charge in [-0.05, 0) is 37.7 Å². The standard InChI is InChI=1S/C16H18ClNO/c1-12-4-3-5-13(8-12)11-19-16-7-6-15(17)9-14(16)10-18-2/h3-9,18H,10-11H2,1-2H3. The van der Waals surface area contributed by atoms with E-state index in [4.69, 9.17) is 16.3 Å². The number of ether oxygens (including phenoxy) is 1. The maximum atomic E-state index is 6.01. The lowest BCUT2D eigenvalue weighted by Gasteiger charge is -2.12. The summed E-state index contributed by atoms with van der Waals surface area (Å²) in [6.07, 6.45) is 0. The molecule has 2 aromatic rings. The Labute approximate surface area is 119 Å². The number of aryl methyl sites for hydroxylation is 1. The maximum Gasteiger partial charge on any atom is 0.124 e. The molecule has 0 aliphatic rings. The van der Waals surface area contributed by atoms with E-state index in [1.807, 2.05) is 31.3 Å². The summed E-state index contributed by atoms with van der Waals surface area (Å²) in [5.74, 6) is 0.875. The first kappa shape index (κ1) is 13.9. The summed E-state index contributed by atoms with van der Waals surface area (Å²) in [7, 11) is 1.91. The average molecular weight is 276 g/mol. The quantitative estimate of drug-likeness (QED) is 0.892. The topological polar surface area (TPSA) is 21.3 Å². The Hall–Kier alpha value is -1.51. The van der Waals surface area contributed by atoms with Crippen molar-refractivity contribution in [2.75, 3.05) is 7.05 Å². The number of hydrogen-bond acceptors (Lipinski definition) is 2. The van der Waals surface area contributed by atoms with Crippen LogP contribution in [0.3, 0.4) is 0 Å². The van der Waals surface area contributed by atoms with Crippen LogP contribution in [0.2, 0.25) is 5.02 Å². The highest BCUT2D eigenvalue weighted by molar-refractivity contribution is 6.30. The Balaban J connectivity index is 2.10. The largest absolute Gasteiger partial charge is 0.489 e. The van der Waals surface area contributed by atoms with E-state index >= 15 is 0 Å². The minimum atomic E-state index is 0.569. The molecule has 0 atom stereocenters. The fraction of sp³-hybridized carbons (Fsp3) is 0.250. The van der Waals surface area contributed by atoms with Gasteiger partial charge in [-0.3, -0.25) is 0 Å². The molecule has 1 N–H and O–H groups in total. The van der Waals surface area contributed by atoms with Gasteiger partial charge in [-0.2, -0.15) is 0 Å². The van der Waals surface area contributed by atoms with E-state index in [2.05, 4.69) is 30.4 Å². The molecule has 2 rings (SSSR count). The molecule has 19 heavy (non-hydrogen) atoms. The normalized spacial score (nSPS) is 10.5. The van der Waals surface area contributed by atoms with Crippen LogP contribution in [0.1, 0.15) is 16.7 Å². The second-order valence-corrected chi connectivity index (χ2v) is 5.00. The number of benzene rings is 2. The molecule has 0 aliphatic carbocycles. The molecule has 0 saturated carbocycles. The molecule has 0 spiro atoms. The van der Waals surface area contributed by atoms with Crippen LogP contribution in [0, 0.1) is 6.92 Å². The second kappa shape index (κ2) is 6.60. The Morgan fingerprint density at radius 1 is 1.16 bits per heavy atom. The zero-order chi connectivity index (χ0) is 13.7. The average Bonchev–Trinajstić information content (AvgIpc) is 2.38. The fourth-order valence-corrected chi connectivity index (χ4v) is 2.18. The molecular formula is C16H18ClNO. The summed E-state index contributed by atoms with van der Waals surface area (Å²) in [5.41, 5.74) is 3.49. The number of nitrogens with one attached hydrogen (secondary N) is 1. The van der Waals surface area contributed by atoms with Crippen LogP contribution >= 0.6 is 11.6 Å². The molecule has 0 heterocycles. The molecule has 0 amide bonds. The molecular weight excluding hydrogens is 258 g/mol. The summed E-state index contributed by atoms with van der Waals surface area (Å²) < 4.78 is 5.89. The van der Waals surface area contributed by atoms with Gasteiger partial charge in [0.05, 0.1) is 0 Å². The zero-order valence-corrected chi connectivity index (χ0v) is 12.0. The van der Waals surface area contributed by atoms with Gasteiger partial charge in [-0.15, -0.1) is 0 Å². The van der Waals surface area contributed by atoms with E-state index in [0.29, 0.717) is 6.61 Å². The molecule has 2 nitrogen and oxygen atoms in total. The van der Waals surface area contributed by atoms with E-state index in [9.17, 15) is 0 Å². The molecule has 0 aliphatic heterocycles. The van der Waals surface area contributed by atoms with Crippen molar-refractivity contribution >= 4 is 11.6 Å². The van der Waals surface area contributed by atoms with Gasteiger partial charge in [0.15, 0.2) is 0 Å². The molecule has 0 unspecified atom stereocenters. The lowest BCUT2D eigenvalue weighted by atomic mass is 10.1. The smallest absolute Gasteiger partial charge is 0.124 e. The van der Waals surface area contributed by atoms with E-state index in [-0.39, 0.29) is 0 Å². The SMILES string of the molecule is CNCc1cc(Cl)ccc1OCc1cccc(C)c1. The molecule has 0 fully saturated rings. The maximum absolute atomic E-state index is 6.01. The predicted octanol–water partition coefficient (Wildman–Crippen LogP) is 3.95. The molecule has 0 aromatic heterocycles. The van der Waals surface area contributed by atoms with E-state index in [1.165, 1.54) is 11.1 Å². The van der Waals surface area contributed by atoms with Crippen molar-refractivity contribution in [3.05, 3.63) is 64.2 Å². The monoisotopic (exact) mass is 275 g/mol. The molecule has 2 aromatic carbocycles. The predicted molar refractivity (Wildman–Crippen MR) is 79.7 cm³/mol. The van der Waals surface area contributed by atoms with Crippen molar-refractivity contribution < 1.29 is 4.74 Å². The summed E-state index contributed by atoms with van der Waals surface area (Å²) in [4.78, 5) is 0. The van der Waals surface area contributed by atoms with Gasteiger partial charge >= 0.3 is 0 Å². The fourth-order valence-electron chi connectivity index (χ4n) is 1.98. The highest BCUT2D eigenvalue weighted by Crippen LogP contribution is 2.23. The second-order valence-electron chi connectivity index (χ2n) is 4.56. The van der Waals surface area contributed by atoms with E-state index in [0.717, 1.165) is 22.9 Å². The molecule has 100 valence electrons. The van der Waals surface area contributed by atoms with Crippen molar-refractivity contribution in [1.29, 1.82) is 0 Å². The van der Waals surface area contributed by atoms with Crippen LogP contribution in [-0.2, 0) is 13.2 Å². The highest BCUT2D eigenvalue weighted by atomic mass is 35.5. The van der Waals surface area contributed by atoms with Gasteiger partial charge in [0, 0.05) is 17.1 Å². The van der Waals surface area contributed by atoms with Gasteiger partial charge in [0.1, 0.15) is 12.4 Å². The van der Waals surface area contributed by atoms with Gasteiger partial charge in [0.2, 0.25) is 0 Å². The first-order valence-electron chi connectivity index (χ1n) is 6.30. The van der Waals surface area contributed by atoms with Crippen LogP contribution in [0.25, 0.3) is 0 Å². The molecule has 0 radical (unpaired) electrons. The zero-order valence-electron chi connectivity index (χ0n) is 11.2. The number of halogens is 1. The van der Waals surface area contributed by atoms with Gasteiger partial charge < -0.3 is 10.1 Å². The van der Waals surface area contributed by atoms with Crippen molar-refractivity contribution in [3.63, 3.8) is 0 Å². The Bertz CT molecular complexity index is 554. The lowest BCUT2D eigenvalue weighted by molar-refractivity contribution is 0.302. The van der Waals surface area contributed by atoms with Crippen LogP contribution in [-0.4, -0.2) is 7.05 Å². The third-order valence-corrected chi connectivity index (χ3v) is 3.10. The van der Waals surface area contributed by atoms with Crippen LogP contribution in [0.5, 0.6) is 5.75 Å². The van der Waals surface area contributed by atoms with E-state index in [1.54, 1.807) is 0 Å². The van der Waals surface area contributed by atoms with Gasteiger partial charge in [-0.1, -0.05) is 41.4 Å². The summed E-state index contributed by atoms with van der Waals surface area (Å²) >= 11 is 6.01. The van der Waals surface area contributed by atoms with Crippen molar-refractivity contribution in [3.8, 4) is 5.75 Å². The molecule has 0 bridgehead atoms. The minimum Gasteiger partial charge on any atom is -0.489 e. The van der Waals surface area contributed by atoms with Crippen molar-refractivity contribution in [1.82, 2.24) is 5.32 Å². The Kier molecular flexibility index (Phi) is 4.83. The Morgan fingerprint density at radius 3 is 2.74 bits per heavy atom. The van der Waals surface area contributed by atoms with Gasteiger partial charge in [-0.25, -0.2) is 0 Å². The van der Waals surface area contributed by atoms with E-state index < -0.39 is 0 Å². The van der Waals surface area contributed by atoms with Crippen LogP contribution in [0.15, 0.2) is 42.5 Å². The Morgan fingerprint density at radius 2 is 2.00 bits per heavy atom. The third-order valence-electron chi connectivity index (χ3n) is 2.87. The molecule has 3 heteroatoms. The third kappa shape index (κ3) is 3.98. The van der Waals surface area contributed by atoms with Crippen molar-refractivity contribution in [2.24, 2.45) is 0 Å².